The third-order valence-electron chi connectivity index (χ3n) is 6.59. The summed E-state index contributed by atoms with van der Waals surface area (Å²) >= 11 is 7.68. The van der Waals surface area contributed by atoms with Gasteiger partial charge in [0.15, 0.2) is 4.88 Å². The van der Waals surface area contributed by atoms with E-state index in [-0.39, 0.29) is 6.10 Å². The number of esters is 1. The predicted octanol–water partition coefficient (Wildman–Crippen LogP) is 5.59. The van der Waals surface area contributed by atoms with Crippen molar-refractivity contribution in [1.82, 2.24) is 14.5 Å². The first-order valence-electron chi connectivity index (χ1n) is 12.0. The maximum absolute atomic E-state index is 12.6. The summed E-state index contributed by atoms with van der Waals surface area (Å²) in [5.41, 5.74) is 9.99. The van der Waals surface area contributed by atoms with E-state index in [1.54, 1.807) is 6.33 Å². The normalized spacial score (nSPS) is 15.8. The Labute approximate surface area is 219 Å². The molecule has 1 aliphatic heterocycles. The number of fused-ring (bicyclic) bond motifs is 1. The number of piperidine rings is 1. The number of ether oxygens (including phenoxy) is 2. The SMILES string of the molecule is COC(=O)c1sc(-n2cnc3ccc(CN4CCC(N)CC4)cc32)cc1O[C@H](C)c1ccccc1Cl. The number of methoxy groups -OCH3 is 1. The van der Waals surface area contributed by atoms with Crippen LogP contribution in [-0.2, 0) is 11.3 Å². The van der Waals surface area contributed by atoms with Crippen molar-refractivity contribution in [2.24, 2.45) is 5.73 Å². The molecule has 1 saturated heterocycles. The standard InChI is InChI=1S/C27H29ClN4O3S/c1-17(20-5-3-4-6-21(20)28)35-24-14-25(36-26(24)27(33)34-2)32-16-30-22-8-7-18(13-23(22)32)15-31-11-9-19(29)10-12-31/h3-8,13-14,16-17,19H,9-12,15,29H2,1-2H3/t17-/m1/s1. The van der Waals surface area contributed by atoms with Crippen LogP contribution >= 0.6 is 22.9 Å². The molecule has 7 nitrogen and oxygen atoms in total. The monoisotopic (exact) mass is 524 g/mol. The quantitative estimate of drug-likeness (QED) is 0.317. The maximum atomic E-state index is 12.6. The number of benzene rings is 2. The summed E-state index contributed by atoms with van der Waals surface area (Å²) in [4.78, 5) is 20.0. The topological polar surface area (TPSA) is 82.6 Å². The van der Waals surface area contributed by atoms with Gasteiger partial charge in [0.2, 0.25) is 0 Å². The molecule has 0 aliphatic carbocycles. The fourth-order valence-corrected chi connectivity index (χ4v) is 5.84. The second-order valence-electron chi connectivity index (χ2n) is 9.10. The van der Waals surface area contributed by atoms with Gasteiger partial charge in [-0.25, -0.2) is 9.78 Å². The molecule has 188 valence electrons. The van der Waals surface area contributed by atoms with Crippen LogP contribution in [0.1, 0.15) is 46.7 Å². The number of hydrogen-bond acceptors (Lipinski definition) is 7. The number of carbonyl (C=O) groups is 1. The van der Waals surface area contributed by atoms with Crippen molar-refractivity contribution < 1.29 is 14.3 Å². The van der Waals surface area contributed by atoms with Crippen LogP contribution in [0.4, 0.5) is 0 Å². The minimum atomic E-state index is -0.443. The van der Waals surface area contributed by atoms with E-state index in [1.165, 1.54) is 24.0 Å². The van der Waals surface area contributed by atoms with Crippen molar-refractivity contribution >= 4 is 39.9 Å². The van der Waals surface area contributed by atoms with Crippen molar-refractivity contribution in [3.05, 3.63) is 75.9 Å². The third-order valence-corrected chi connectivity index (χ3v) is 8.03. The Balaban J connectivity index is 1.45. The zero-order valence-corrected chi connectivity index (χ0v) is 21.9. The van der Waals surface area contributed by atoms with Crippen LogP contribution in [0.25, 0.3) is 16.0 Å². The van der Waals surface area contributed by atoms with Crippen LogP contribution in [-0.4, -0.2) is 46.7 Å². The molecule has 2 N–H and O–H groups in total. The van der Waals surface area contributed by atoms with Gasteiger partial charge in [0.1, 0.15) is 23.2 Å². The van der Waals surface area contributed by atoms with Crippen molar-refractivity contribution in [2.45, 2.75) is 38.5 Å². The zero-order valence-electron chi connectivity index (χ0n) is 20.3. The van der Waals surface area contributed by atoms with Gasteiger partial charge in [-0.2, -0.15) is 0 Å². The zero-order chi connectivity index (χ0) is 25.2. The van der Waals surface area contributed by atoms with Gasteiger partial charge >= 0.3 is 5.97 Å². The maximum Gasteiger partial charge on any atom is 0.351 e. The fourth-order valence-electron chi connectivity index (χ4n) is 4.56. The summed E-state index contributed by atoms with van der Waals surface area (Å²) < 4.78 is 13.3. The Bertz CT molecular complexity index is 1380. The lowest BCUT2D eigenvalue weighted by atomic mass is 10.1. The van der Waals surface area contributed by atoms with Crippen LogP contribution in [0, 0.1) is 0 Å². The van der Waals surface area contributed by atoms with Crippen LogP contribution in [0.15, 0.2) is 54.9 Å². The molecule has 2 aromatic carbocycles. The first-order valence-corrected chi connectivity index (χ1v) is 13.2. The predicted molar refractivity (Wildman–Crippen MR) is 143 cm³/mol. The van der Waals surface area contributed by atoms with Gasteiger partial charge in [-0.05, 0) is 56.6 Å². The van der Waals surface area contributed by atoms with E-state index in [1.807, 2.05) is 47.9 Å². The molecular formula is C27H29ClN4O3S. The highest BCUT2D eigenvalue weighted by Crippen LogP contribution is 2.37. The van der Waals surface area contributed by atoms with Gasteiger partial charge in [0, 0.05) is 29.2 Å². The number of rotatable bonds is 7. The van der Waals surface area contributed by atoms with E-state index in [9.17, 15) is 4.79 Å². The molecule has 0 bridgehead atoms. The molecule has 1 atom stereocenters. The second kappa shape index (κ2) is 10.6. The number of nitrogens with two attached hydrogens (primary N) is 1. The van der Waals surface area contributed by atoms with Crippen molar-refractivity contribution in [3.63, 3.8) is 0 Å². The molecule has 5 rings (SSSR count). The Morgan fingerprint density at radius 3 is 2.75 bits per heavy atom. The highest BCUT2D eigenvalue weighted by atomic mass is 35.5. The number of likely N-dealkylation sites (tertiary alicyclic amines) is 1. The van der Waals surface area contributed by atoms with Crippen LogP contribution in [0.2, 0.25) is 5.02 Å². The molecule has 4 aromatic rings. The van der Waals surface area contributed by atoms with Gasteiger partial charge in [0.25, 0.3) is 0 Å². The van der Waals surface area contributed by atoms with E-state index in [2.05, 4.69) is 22.0 Å². The van der Waals surface area contributed by atoms with Gasteiger partial charge in [-0.15, -0.1) is 11.3 Å². The molecule has 1 aliphatic rings. The Morgan fingerprint density at radius 1 is 1.22 bits per heavy atom. The van der Waals surface area contributed by atoms with E-state index >= 15 is 0 Å². The van der Waals surface area contributed by atoms with Crippen molar-refractivity contribution in [1.29, 1.82) is 0 Å². The molecule has 0 amide bonds. The first kappa shape index (κ1) is 24.8. The van der Waals surface area contributed by atoms with Gasteiger partial charge in [-0.3, -0.25) is 9.47 Å². The van der Waals surface area contributed by atoms with E-state index in [0.717, 1.165) is 54.1 Å². The molecule has 0 saturated carbocycles. The first-order chi connectivity index (χ1) is 17.4. The number of carbonyl (C=O) groups excluding carboxylic acids is 1. The number of hydrogen-bond donors (Lipinski definition) is 1. The van der Waals surface area contributed by atoms with Crippen molar-refractivity contribution in [3.8, 4) is 10.8 Å². The molecule has 0 unspecified atom stereocenters. The Kier molecular flexibility index (Phi) is 7.29. The molecule has 1 fully saturated rings. The number of thiophene rings is 1. The average molecular weight is 525 g/mol. The fraction of sp³-hybridized carbons (Fsp3) is 0.333. The average Bonchev–Trinajstić information content (AvgIpc) is 3.49. The van der Waals surface area contributed by atoms with Crippen molar-refractivity contribution in [2.75, 3.05) is 20.2 Å². The molecule has 36 heavy (non-hydrogen) atoms. The summed E-state index contributed by atoms with van der Waals surface area (Å²) in [6.45, 7) is 4.80. The summed E-state index contributed by atoms with van der Waals surface area (Å²) in [7, 11) is 1.37. The van der Waals surface area contributed by atoms with Crippen LogP contribution in [0.5, 0.6) is 5.75 Å². The lowest BCUT2D eigenvalue weighted by molar-refractivity contribution is 0.0600. The van der Waals surface area contributed by atoms with Gasteiger partial charge < -0.3 is 15.2 Å². The number of imidazole rings is 1. The highest BCUT2D eigenvalue weighted by molar-refractivity contribution is 7.16. The lowest BCUT2D eigenvalue weighted by Crippen LogP contribution is -2.39. The van der Waals surface area contributed by atoms with Crippen LogP contribution < -0.4 is 10.5 Å². The second-order valence-corrected chi connectivity index (χ2v) is 10.5. The summed E-state index contributed by atoms with van der Waals surface area (Å²) in [6.07, 6.45) is 3.48. The Morgan fingerprint density at radius 2 is 2.00 bits per heavy atom. The highest BCUT2D eigenvalue weighted by Gasteiger charge is 2.23. The smallest absolute Gasteiger partial charge is 0.351 e. The molecule has 0 spiro atoms. The number of aromatic nitrogens is 2. The third kappa shape index (κ3) is 5.13. The Hall–Kier alpha value is -2.91. The summed E-state index contributed by atoms with van der Waals surface area (Å²) in [6, 6.07) is 16.0. The van der Waals surface area contributed by atoms with Gasteiger partial charge in [-0.1, -0.05) is 35.9 Å². The van der Waals surface area contributed by atoms with E-state index in [4.69, 9.17) is 26.8 Å². The molecule has 9 heteroatoms. The molecule has 0 radical (unpaired) electrons. The largest absolute Gasteiger partial charge is 0.484 e. The number of halogens is 1. The molecular weight excluding hydrogens is 496 g/mol. The van der Waals surface area contributed by atoms with E-state index < -0.39 is 5.97 Å². The minimum absolute atomic E-state index is 0.310. The summed E-state index contributed by atoms with van der Waals surface area (Å²) in [5, 5.41) is 1.43. The lowest BCUT2D eigenvalue weighted by Gasteiger charge is -2.30. The van der Waals surface area contributed by atoms with Crippen LogP contribution in [0.3, 0.4) is 0 Å². The minimum Gasteiger partial charge on any atom is -0.484 e. The molecule has 3 heterocycles. The number of nitrogens with zero attached hydrogens (tertiary/aromatic N) is 3. The van der Waals surface area contributed by atoms with E-state index in [0.29, 0.717) is 21.7 Å². The van der Waals surface area contributed by atoms with Gasteiger partial charge in [0.05, 0.1) is 18.1 Å². The molecule has 2 aromatic heterocycles. The summed E-state index contributed by atoms with van der Waals surface area (Å²) in [5.74, 6) is 0.0120.